The number of hydrogen-bond donors (Lipinski definition) is 1. The number of nitrogens with zero attached hydrogens (tertiary/aromatic N) is 1. The highest BCUT2D eigenvalue weighted by molar-refractivity contribution is 14.1. The summed E-state index contributed by atoms with van der Waals surface area (Å²) < 4.78 is 1.84. The van der Waals surface area contributed by atoms with E-state index in [0.29, 0.717) is 5.56 Å². The molecule has 3 nitrogen and oxygen atoms in total. The van der Waals surface area contributed by atoms with Gasteiger partial charge in [0.15, 0.2) is 0 Å². The van der Waals surface area contributed by atoms with Gasteiger partial charge in [0.2, 0.25) is 0 Å². The zero-order valence-electron chi connectivity index (χ0n) is 12.7. The summed E-state index contributed by atoms with van der Waals surface area (Å²) in [6.07, 6.45) is 3.86. The maximum atomic E-state index is 12.4. The lowest BCUT2D eigenvalue weighted by molar-refractivity contribution is 0.102. The Morgan fingerprint density at radius 2 is 1.74 bits per heavy atom. The average molecular weight is 485 g/mol. The van der Waals surface area contributed by atoms with Crippen molar-refractivity contribution in [2.24, 2.45) is 0 Å². The smallest absolute Gasteiger partial charge is 0.256 e. The lowest BCUT2D eigenvalue weighted by atomic mass is 10.1. The highest BCUT2D eigenvalue weighted by Gasteiger charge is 2.13. The van der Waals surface area contributed by atoms with Crippen LogP contribution in [0.1, 0.15) is 29.6 Å². The molecule has 0 aromatic heterocycles. The summed E-state index contributed by atoms with van der Waals surface area (Å²) >= 11 is 5.60. The predicted molar refractivity (Wildman–Crippen MR) is 107 cm³/mol. The number of halogens is 2. The van der Waals surface area contributed by atoms with Crippen molar-refractivity contribution in [3.8, 4) is 0 Å². The Morgan fingerprint density at radius 3 is 2.43 bits per heavy atom. The zero-order chi connectivity index (χ0) is 16.2. The van der Waals surface area contributed by atoms with Crippen molar-refractivity contribution in [1.29, 1.82) is 0 Å². The SMILES string of the molecule is O=C(Nc1ccc(N2CCCCC2)cc1)c1cc(Br)ccc1I. The van der Waals surface area contributed by atoms with Crippen molar-refractivity contribution in [2.45, 2.75) is 19.3 Å². The minimum absolute atomic E-state index is 0.0820. The Morgan fingerprint density at radius 1 is 1.04 bits per heavy atom. The van der Waals surface area contributed by atoms with E-state index >= 15 is 0 Å². The van der Waals surface area contributed by atoms with Crippen LogP contribution in [0.2, 0.25) is 0 Å². The molecule has 1 aliphatic heterocycles. The van der Waals surface area contributed by atoms with E-state index in [-0.39, 0.29) is 5.91 Å². The molecule has 1 heterocycles. The molecule has 23 heavy (non-hydrogen) atoms. The van der Waals surface area contributed by atoms with E-state index in [9.17, 15) is 4.79 Å². The van der Waals surface area contributed by atoms with Crippen LogP contribution < -0.4 is 10.2 Å². The number of piperidine rings is 1. The lowest BCUT2D eigenvalue weighted by Crippen LogP contribution is -2.29. The van der Waals surface area contributed by atoms with Crippen LogP contribution in [0.15, 0.2) is 46.9 Å². The van der Waals surface area contributed by atoms with E-state index in [0.717, 1.165) is 26.8 Å². The molecule has 5 heteroatoms. The van der Waals surface area contributed by atoms with E-state index in [1.807, 2.05) is 30.3 Å². The fourth-order valence-corrected chi connectivity index (χ4v) is 3.72. The molecule has 2 aromatic carbocycles. The molecule has 0 atom stereocenters. The Labute approximate surface area is 158 Å². The first-order chi connectivity index (χ1) is 11.1. The summed E-state index contributed by atoms with van der Waals surface area (Å²) in [5.41, 5.74) is 2.74. The Balaban J connectivity index is 1.70. The van der Waals surface area contributed by atoms with E-state index in [4.69, 9.17) is 0 Å². The van der Waals surface area contributed by atoms with Gasteiger partial charge in [-0.1, -0.05) is 15.9 Å². The predicted octanol–water partition coefficient (Wildman–Crippen LogP) is 5.30. The number of amides is 1. The average Bonchev–Trinajstić information content (AvgIpc) is 2.58. The maximum absolute atomic E-state index is 12.4. The molecular formula is C18H18BrIN2O. The maximum Gasteiger partial charge on any atom is 0.256 e. The molecule has 0 bridgehead atoms. The quantitative estimate of drug-likeness (QED) is 0.600. The van der Waals surface area contributed by atoms with Gasteiger partial charge in [-0.3, -0.25) is 4.79 Å². The highest BCUT2D eigenvalue weighted by atomic mass is 127. The first-order valence-corrected chi connectivity index (χ1v) is 9.62. The van der Waals surface area contributed by atoms with Crippen molar-refractivity contribution >= 4 is 55.8 Å². The first kappa shape index (κ1) is 16.8. The van der Waals surface area contributed by atoms with Crippen LogP contribution in [0.3, 0.4) is 0 Å². The topological polar surface area (TPSA) is 32.3 Å². The molecule has 0 aliphatic carbocycles. The third-order valence-corrected chi connectivity index (χ3v) is 5.45. The number of nitrogens with one attached hydrogen (secondary N) is 1. The third-order valence-electron chi connectivity index (χ3n) is 4.02. The van der Waals surface area contributed by atoms with E-state index in [1.54, 1.807) is 0 Å². The summed E-state index contributed by atoms with van der Waals surface area (Å²) in [6.45, 7) is 2.25. The molecule has 0 saturated carbocycles. The number of benzene rings is 2. The summed E-state index contributed by atoms with van der Waals surface area (Å²) in [4.78, 5) is 14.8. The molecule has 1 saturated heterocycles. The minimum atomic E-state index is -0.0820. The molecule has 0 radical (unpaired) electrons. The van der Waals surface area contributed by atoms with Crippen LogP contribution in [0, 0.1) is 3.57 Å². The summed E-state index contributed by atoms with van der Waals surface area (Å²) in [6, 6.07) is 13.9. The van der Waals surface area contributed by atoms with Crippen LogP contribution in [-0.2, 0) is 0 Å². The Kier molecular flexibility index (Phi) is 5.58. The van der Waals surface area contributed by atoms with Crippen molar-refractivity contribution in [3.63, 3.8) is 0 Å². The number of hydrogen-bond acceptors (Lipinski definition) is 2. The Bertz CT molecular complexity index is 697. The molecule has 0 unspecified atom stereocenters. The fourth-order valence-electron chi connectivity index (χ4n) is 2.78. The summed E-state index contributed by atoms with van der Waals surface area (Å²) in [7, 11) is 0. The van der Waals surface area contributed by atoms with Gasteiger partial charge in [-0.05, 0) is 84.3 Å². The molecular weight excluding hydrogens is 467 g/mol. The van der Waals surface area contributed by atoms with Crippen LogP contribution in [0.5, 0.6) is 0 Å². The van der Waals surface area contributed by atoms with Crippen molar-refractivity contribution < 1.29 is 4.79 Å². The van der Waals surface area contributed by atoms with Crippen molar-refractivity contribution in [1.82, 2.24) is 0 Å². The van der Waals surface area contributed by atoms with Gasteiger partial charge >= 0.3 is 0 Å². The van der Waals surface area contributed by atoms with E-state index in [2.05, 4.69) is 60.9 Å². The summed E-state index contributed by atoms with van der Waals surface area (Å²) in [5.74, 6) is -0.0820. The summed E-state index contributed by atoms with van der Waals surface area (Å²) in [5, 5.41) is 2.97. The van der Waals surface area contributed by atoms with Gasteiger partial charge in [0.1, 0.15) is 0 Å². The van der Waals surface area contributed by atoms with E-state index in [1.165, 1.54) is 24.9 Å². The van der Waals surface area contributed by atoms with E-state index < -0.39 is 0 Å². The van der Waals surface area contributed by atoms with Gasteiger partial charge in [0.25, 0.3) is 5.91 Å². The molecule has 1 aliphatic rings. The van der Waals surface area contributed by atoms with Crippen LogP contribution >= 0.6 is 38.5 Å². The molecule has 0 spiro atoms. The van der Waals surface area contributed by atoms with Crippen LogP contribution in [-0.4, -0.2) is 19.0 Å². The van der Waals surface area contributed by atoms with Gasteiger partial charge in [0, 0.05) is 32.5 Å². The fraction of sp³-hybridized carbons (Fsp3) is 0.278. The minimum Gasteiger partial charge on any atom is -0.372 e. The normalized spacial score (nSPS) is 14.6. The van der Waals surface area contributed by atoms with Gasteiger partial charge in [-0.25, -0.2) is 0 Å². The van der Waals surface area contributed by atoms with Crippen LogP contribution in [0.25, 0.3) is 0 Å². The monoisotopic (exact) mass is 484 g/mol. The van der Waals surface area contributed by atoms with Gasteiger partial charge < -0.3 is 10.2 Å². The van der Waals surface area contributed by atoms with Gasteiger partial charge in [0.05, 0.1) is 5.56 Å². The number of carbonyl (C=O) groups is 1. The van der Waals surface area contributed by atoms with Crippen molar-refractivity contribution in [2.75, 3.05) is 23.3 Å². The number of rotatable bonds is 3. The molecule has 1 fully saturated rings. The van der Waals surface area contributed by atoms with Gasteiger partial charge in [-0.2, -0.15) is 0 Å². The van der Waals surface area contributed by atoms with Crippen LogP contribution in [0.4, 0.5) is 11.4 Å². The Hall–Kier alpha value is -1.08. The molecule has 120 valence electrons. The number of anilines is 2. The number of carbonyl (C=O) groups excluding carboxylic acids is 1. The standard InChI is InChI=1S/C18H18BrIN2O/c19-13-4-9-17(20)16(12-13)18(23)21-14-5-7-15(8-6-14)22-10-2-1-3-11-22/h4-9,12H,1-3,10-11H2,(H,21,23). The molecule has 1 N–H and O–H groups in total. The zero-order valence-corrected chi connectivity index (χ0v) is 16.4. The highest BCUT2D eigenvalue weighted by Crippen LogP contribution is 2.23. The second-order valence-corrected chi connectivity index (χ2v) is 7.75. The lowest BCUT2D eigenvalue weighted by Gasteiger charge is -2.28. The first-order valence-electron chi connectivity index (χ1n) is 7.75. The van der Waals surface area contributed by atoms with Gasteiger partial charge in [-0.15, -0.1) is 0 Å². The third kappa shape index (κ3) is 4.26. The van der Waals surface area contributed by atoms with Crippen molar-refractivity contribution in [3.05, 3.63) is 56.1 Å². The second-order valence-electron chi connectivity index (χ2n) is 5.67. The second kappa shape index (κ2) is 7.66. The largest absolute Gasteiger partial charge is 0.372 e. The molecule has 1 amide bonds. The molecule has 2 aromatic rings. The molecule has 3 rings (SSSR count).